The van der Waals surface area contributed by atoms with Gasteiger partial charge in [-0.15, -0.1) is 0 Å². The fourth-order valence-electron chi connectivity index (χ4n) is 4.07. The third kappa shape index (κ3) is 3.68. The lowest BCUT2D eigenvalue weighted by molar-refractivity contribution is 0.0734. The summed E-state index contributed by atoms with van der Waals surface area (Å²) < 4.78 is 2.13. The van der Waals surface area contributed by atoms with E-state index in [1.807, 2.05) is 44.2 Å². The smallest absolute Gasteiger partial charge is 0.178 e. The number of likely N-dealkylation sites (tertiary alicyclic amines) is 1. The molecule has 0 bridgehead atoms. The summed E-state index contributed by atoms with van der Waals surface area (Å²) in [6.07, 6.45) is 3.63. The fourth-order valence-corrected chi connectivity index (χ4v) is 4.20. The van der Waals surface area contributed by atoms with Gasteiger partial charge in [0.25, 0.3) is 0 Å². The van der Waals surface area contributed by atoms with Crippen molar-refractivity contribution >= 4 is 17.4 Å². The number of rotatable bonds is 4. The lowest BCUT2D eigenvalue weighted by Gasteiger charge is -2.38. The van der Waals surface area contributed by atoms with Gasteiger partial charge < -0.3 is 4.57 Å². The first kappa shape index (κ1) is 18.2. The lowest BCUT2D eigenvalue weighted by atomic mass is 9.96. The lowest BCUT2D eigenvalue weighted by Crippen LogP contribution is -2.46. The molecular weight excluding hydrogens is 332 g/mol. The topological polar surface area (TPSA) is 25.2 Å². The van der Waals surface area contributed by atoms with Crippen molar-refractivity contribution in [2.45, 2.75) is 59.0 Å². The van der Waals surface area contributed by atoms with Crippen molar-refractivity contribution < 1.29 is 4.79 Å². The molecule has 0 aliphatic carbocycles. The monoisotopic (exact) mass is 358 g/mol. The molecule has 1 aromatic heterocycles. The molecule has 0 N–H and O–H groups in total. The van der Waals surface area contributed by atoms with Crippen LogP contribution in [0.15, 0.2) is 30.3 Å². The first-order valence-corrected chi connectivity index (χ1v) is 9.50. The van der Waals surface area contributed by atoms with E-state index in [2.05, 4.69) is 23.3 Å². The SMILES string of the molecule is Cc1cc(C(=O)CN2C(C)CCCC2C)c(C)n1-c1ccc(Cl)cc1. The highest BCUT2D eigenvalue weighted by Crippen LogP contribution is 2.25. The number of benzene rings is 1. The number of Topliss-reactive ketones (excluding diaryl/α,β-unsaturated/α-hetero) is 1. The number of nitrogens with zero attached hydrogens (tertiary/aromatic N) is 2. The van der Waals surface area contributed by atoms with Gasteiger partial charge in [0.2, 0.25) is 0 Å². The van der Waals surface area contributed by atoms with E-state index in [1.165, 1.54) is 19.3 Å². The van der Waals surface area contributed by atoms with Crippen molar-refractivity contribution in [2.75, 3.05) is 6.54 Å². The predicted octanol–water partition coefficient (Wildman–Crippen LogP) is 5.19. The minimum Gasteiger partial charge on any atom is -0.318 e. The Hall–Kier alpha value is -1.58. The number of ketones is 1. The largest absolute Gasteiger partial charge is 0.318 e. The molecule has 4 heteroatoms. The zero-order valence-corrected chi connectivity index (χ0v) is 16.3. The molecule has 1 aliphatic rings. The zero-order valence-electron chi connectivity index (χ0n) is 15.6. The van der Waals surface area contributed by atoms with Crippen LogP contribution in [0.4, 0.5) is 0 Å². The molecule has 1 aliphatic heterocycles. The van der Waals surface area contributed by atoms with Crippen molar-refractivity contribution in [1.29, 1.82) is 0 Å². The number of hydrogen-bond acceptors (Lipinski definition) is 2. The van der Waals surface area contributed by atoms with Crippen molar-refractivity contribution in [2.24, 2.45) is 0 Å². The first-order valence-electron chi connectivity index (χ1n) is 9.12. The molecule has 0 amide bonds. The minimum atomic E-state index is 0.217. The summed E-state index contributed by atoms with van der Waals surface area (Å²) in [5.41, 5.74) is 3.95. The zero-order chi connectivity index (χ0) is 18.1. The van der Waals surface area contributed by atoms with E-state index in [9.17, 15) is 4.79 Å². The Balaban J connectivity index is 1.86. The van der Waals surface area contributed by atoms with Crippen LogP contribution in [0.1, 0.15) is 54.9 Å². The highest BCUT2D eigenvalue weighted by Gasteiger charge is 2.28. The second kappa shape index (κ2) is 7.35. The van der Waals surface area contributed by atoms with Crippen LogP contribution < -0.4 is 0 Å². The number of aryl methyl sites for hydroxylation is 1. The van der Waals surface area contributed by atoms with Gasteiger partial charge in [0, 0.05) is 39.7 Å². The average Bonchev–Trinajstić information content (AvgIpc) is 2.87. The minimum absolute atomic E-state index is 0.217. The summed E-state index contributed by atoms with van der Waals surface area (Å²) in [6, 6.07) is 10.7. The fraction of sp³-hybridized carbons (Fsp3) is 0.476. The molecular formula is C21H27ClN2O. The van der Waals surface area contributed by atoms with Gasteiger partial charge in [-0.05, 0) is 70.9 Å². The van der Waals surface area contributed by atoms with Crippen molar-refractivity contribution in [3.05, 3.63) is 52.3 Å². The van der Waals surface area contributed by atoms with Crippen LogP contribution in [0, 0.1) is 13.8 Å². The first-order chi connectivity index (χ1) is 11.9. The normalized spacial score (nSPS) is 21.5. The molecule has 1 saturated heterocycles. The Morgan fingerprint density at radius 1 is 1.12 bits per heavy atom. The van der Waals surface area contributed by atoms with E-state index in [-0.39, 0.29) is 5.78 Å². The summed E-state index contributed by atoms with van der Waals surface area (Å²) in [5, 5.41) is 0.718. The van der Waals surface area contributed by atoms with Crippen LogP contribution in [-0.4, -0.2) is 33.9 Å². The maximum atomic E-state index is 13.0. The number of aromatic nitrogens is 1. The van der Waals surface area contributed by atoms with Gasteiger partial charge in [0.1, 0.15) is 0 Å². The molecule has 134 valence electrons. The third-order valence-electron chi connectivity index (χ3n) is 5.52. The second-order valence-corrected chi connectivity index (χ2v) is 7.76. The number of carbonyl (C=O) groups is 1. The number of halogens is 1. The number of carbonyl (C=O) groups excluding carboxylic acids is 1. The Kier molecular flexibility index (Phi) is 5.35. The van der Waals surface area contributed by atoms with Crippen LogP contribution in [-0.2, 0) is 0 Å². The van der Waals surface area contributed by atoms with Gasteiger partial charge in [0.15, 0.2) is 5.78 Å². The van der Waals surface area contributed by atoms with E-state index < -0.39 is 0 Å². The Bertz CT molecular complexity index is 753. The van der Waals surface area contributed by atoms with E-state index >= 15 is 0 Å². The summed E-state index contributed by atoms with van der Waals surface area (Å²) in [7, 11) is 0. The van der Waals surface area contributed by atoms with Gasteiger partial charge in [-0.1, -0.05) is 18.0 Å². The quantitative estimate of drug-likeness (QED) is 0.702. The van der Waals surface area contributed by atoms with Crippen molar-refractivity contribution in [1.82, 2.24) is 9.47 Å². The molecule has 2 aromatic rings. The van der Waals surface area contributed by atoms with Gasteiger partial charge in [0.05, 0.1) is 6.54 Å². The van der Waals surface area contributed by atoms with Gasteiger partial charge >= 0.3 is 0 Å². The maximum Gasteiger partial charge on any atom is 0.178 e. The molecule has 1 aromatic carbocycles. The number of hydrogen-bond donors (Lipinski definition) is 0. The summed E-state index contributed by atoms with van der Waals surface area (Å²) >= 11 is 6.00. The molecule has 0 spiro atoms. The van der Waals surface area contributed by atoms with Crippen LogP contribution in [0.2, 0.25) is 5.02 Å². The average molecular weight is 359 g/mol. The van der Waals surface area contributed by atoms with E-state index in [4.69, 9.17) is 11.6 Å². The van der Waals surface area contributed by atoms with Crippen molar-refractivity contribution in [3.8, 4) is 5.69 Å². The van der Waals surface area contributed by atoms with Gasteiger partial charge in [-0.3, -0.25) is 9.69 Å². The molecule has 3 rings (SSSR count). The predicted molar refractivity (Wildman–Crippen MR) is 104 cm³/mol. The molecule has 1 fully saturated rings. The maximum absolute atomic E-state index is 13.0. The van der Waals surface area contributed by atoms with Gasteiger partial charge in [-0.2, -0.15) is 0 Å². The van der Waals surface area contributed by atoms with Crippen LogP contribution >= 0.6 is 11.6 Å². The summed E-state index contributed by atoms with van der Waals surface area (Å²) in [4.78, 5) is 15.4. The molecule has 0 saturated carbocycles. The molecule has 2 heterocycles. The van der Waals surface area contributed by atoms with Crippen LogP contribution in [0.3, 0.4) is 0 Å². The number of piperidine rings is 1. The molecule has 0 radical (unpaired) electrons. The van der Waals surface area contributed by atoms with Crippen LogP contribution in [0.25, 0.3) is 5.69 Å². The Labute approximate surface area is 155 Å². The Morgan fingerprint density at radius 3 is 2.32 bits per heavy atom. The summed E-state index contributed by atoms with van der Waals surface area (Å²) in [6.45, 7) is 9.05. The van der Waals surface area contributed by atoms with E-state index in [0.29, 0.717) is 18.6 Å². The molecule has 25 heavy (non-hydrogen) atoms. The second-order valence-electron chi connectivity index (χ2n) is 7.32. The third-order valence-corrected chi connectivity index (χ3v) is 5.77. The molecule has 2 unspecified atom stereocenters. The van der Waals surface area contributed by atoms with Crippen LogP contribution in [0.5, 0.6) is 0 Å². The molecule has 2 atom stereocenters. The molecule has 3 nitrogen and oxygen atoms in total. The van der Waals surface area contributed by atoms with Gasteiger partial charge in [-0.25, -0.2) is 0 Å². The summed E-state index contributed by atoms with van der Waals surface area (Å²) in [5.74, 6) is 0.217. The standard InChI is InChI=1S/C21H27ClN2O/c1-14-6-5-7-15(2)23(14)13-21(25)20-12-16(3)24(17(20)4)19-10-8-18(22)9-11-19/h8-12,14-15H,5-7,13H2,1-4H3. The van der Waals surface area contributed by atoms with E-state index in [1.54, 1.807) is 0 Å². The Morgan fingerprint density at radius 2 is 1.72 bits per heavy atom. The highest BCUT2D eigenvalue weighted by atomic mass is 35.5. The van der Waals surface area contributed by atoms with E-state index in [0.717, 1.165) is 27.7 Å². The highest BCUT2D eigenvalue weighted by molar-refractivity contribution is 6.30. The van der Waals surface area contributed by atoms with Crippen molar-refractivity contribution in [3.63, 3.8) is 0 Å².